The highest BCUT2D eigenvalue weighted by Crippen LogP contribution is 2.26. The summed E-state index contributed by atoms with van der Waals surface area (Å²) >= 11 is 0. The van der Waals surface area contributed by atoms with Crippen LogP contribution < -0.4 is 5.32 Å². The largest absolute Gasteiger partial charge is 0.493 e. The molecule has 0 fully saturated rings. The fourth-order valence-corrected chi connectivity index (χ4v) is 2.46. The van der Waals surface area contributed by atoms with E-state index >= 15 is 0 Å². The Balaban J connectivity index is 1.72. The number of carbonyl (C=O) groups is 2. The van der Waals surface area contributed by atoms with E-state index in [1.54, 1.807) is 4.68 Å². The van der Waals surface area contributed by atoms with Gasteiger partial charge in [0.05, 0.1) is 11.4 Å². The van der Waals surface area contributed by atoms with E-state index in [1.807, 2.05) is 57.2 Å². The second kappa shape index (κ2) is 8.16. The lowest BCUT2D eigenvalue weighted by atomic mass is 9.92. The van der Waals surface area contributed by atoms with E-state index in [0.717, 1.165) is 11.4 Å². The van der Waals surface area contributed by atoms with Crippen molar-refractivity contribution >= 4 is 17.7 Å². The summed E-state index contributed by atoms with van der Waals surface area (Å²) in [5, 5.41) is 7.37. The molecule has 8 nitrogen and oxygen atoms in total. The maximum Gasteiger partial charge on any atom is 0.377 e. The van der Waals surface area contributed by atoms with E-state index in [1.165, 1.54) is 6.26 Å². The molecule has 148 valence electrons. The standard InChI is InChI=1S/C20H23N3O5/c1-20(2,3)16-11-17(23(22-16)14-7-5-4-6-8-14)21-18(24)13-28-19(25)15-12-26-9-10-27-15/h4-8,11-12H,9-10,13H2,1-3H3,(H,21,24). The van der Waals surface area contributed by atoms with Gasteiger partial charge in [0.15, 0.2) is 6.61 Å². The SMILES string of the molecule is CC(C)(C)c1cc(NC(=O)COC(=O)C2=COCCO2)n(-c2ccccc2)n1. The molecule has 0 saturated carbocycles. The molecule has 0 aliphatic carbocycles. The zero-order chi connectivity index (χ0) is 20.1. The van der Waals surface area contributed by atoms with E-state index in [9.17, 15) is 9.59 Å². The molecule has 0 unspecified atom stereocenters. The van der Waals surface area contributed by atoms with Gasteiger partial charge in [0, 0.05) is 11.5 Å². The van der Waals surface area contributed by atoms with Crippen molar-refractivity contribution in [3.05, 3.63) is 54.1 Å². The number of hydrogen-bond donors (Lipinski definition) is 1. The van der Waals surface area contributed by atoms with Crippen LogP contribution in [-0.4, -0.2) is 41.5 Å². The lowest BCUT2D eigenvalue weighted by molar-refractivity contribution is -0.148. The van der Waals surface area contributed by atoms with Gasteiger partial charge in [0.25, 0.3) is 5.91 Å². The Kier molecular flexibility index (Phi) is 5.67. The van der Waals surface area contributed by atoms with Gasteiger partial charge in [-0.05, 0) is 12.1 Å². The van der Waals surface area contributed by atoms with Crippen LogP contribution in [0.2, 0.25) is 0 Å². The summed E-state index contributed by atoms with van der Waals surface area (Å²) in [5.41, 5.74) is 1.43. The molecule has 1 N–H and O–H groups in total. The van der Waals surface area contributed by atoms with Gasteiger partial charge in [-0.3, -0.25) is 4.79 Å². The van der Waals surface area contributed by atoms with Gasteiger partial charge in [-0.15, -0.1) is 0 Å². The van der Waals surface area contributed by atoms with Crippen LogP contribution in [0.15, 0.2) is 48.4 Å². The molecule has 1 aliphatic heterocycles. The summed E-state index contributed by atoms with van der Waals surface area (Å²) in [5.74, 6) is -0.790. The van der Waals surface area contributed by atoms with Crippen molar-refractivity contribution in [2.45, 2.75) is 26.2 Å². The van der Waals surface area contributed by atoms with Gasteiger partial charge in [0.1, 0.15) is 25.3 Å². The molecule has 2 aromatic rings. The van der Waals surface area contributed by atoms with Crippen molar-refractivity contribution in [2.75, 3.05) is 25.1 Å². The molecular formula is C20H23N3O5. The first-order valence-corrected chi connectivity index (χ1v) is 8.92. The zero-order valence-electron chi connectivity index (χ0n) is 16.1. The van der Waals surface area contributed by atoms with Crippen molar-refractivity contribution in [1.82, 2.24) is 9.78 Å². The Labute approximate surface area is 163 Å². The fourth-order valence-electron chi connectivity index (χ4n) is 2.46. The number of esters is 1. The molecule has 2 heterocycles. The summed E-state index contributed by atoms with van der Waals surface area (Å²) in [6, 6.07) is 11.3. The average Bonchev–Trinajstić information content (AvgIpc) is 3.11. The number of ether oxygens (including phenoxy) is 3. The van der Waals surface area contributed by atoms with E-state index in [4.69, 9.17) is 14.2 Å². The van der Waals surface area contributed by atoms with Gasteiger partial charge in [-0.1, -0.05) is 39.0 Å². The number of anilines is 1. The van der Waals surface area contributed by atoms with Crippen LogP contribution >= 0.6 is 0 Å². The van der Waals surface area contributed by atoms with Crippen LogP contribution in [0.5, 0.6) is 0 Å². The van der Waals surface area contributed by atoms with Gasteiger partial charge in [-0.25, -0.2) is 9.48 Å². The third kappa shape index (κ3) is 4.70. The number of rotatable bonds is 5. The summed E-state index contributed by atoms with van der Waals surface area (Å²) < 4.78 is 16.8. The van der Waals surface area contributed by atoms with Crippen LogP contribution in [0.3, 0.4) is 0 Å². The molecule has 1 aromatic carbocycles. The van der Waals surface area contributed by atoms with Gasteiger partial charge in [-0.2, -0.15) is 5.10 Å². The first kappa shape index (κ1) is 19.5. The highest BCUT2D eigenvalue weighted by atomic mass is 16.6. The van der Waals surface area contributed by atoms with Crippen LogP contribution in [0.25, 0.3) is 5.69 Å². The highest BCUT2D eigenvalue weighted by Gasteiger charge is 2.22. The summed E-state index contributed by atoms with van der Waals surface area (Å²) in [4.78, 5) is 24.2. The normalized spacial score (nSPS) is 13.8. The first-order valence-electron chi connectivity index (χ1n) is 8.92. The Morgan fingerprint density at radius 2 is 1.96 bits per heavy atom. The monoisotopic (exact) mass is 385 g/mol. The van der Waals surface area contributed by atoms with Gasteiger partial charge >= 0.3 is 5.97 Å². The Bertz CT molecular complexity index is 881. The predicted molar refractivity (Wildman–Crippen MR) is 102 cm³/mol. The lowest BCUT2D eigenvalue weighted by Gasteiger charge is -2.14. The number of carbonyl (C=O) groups excluding carboxylic acids is 2. The molecule has 0 radical (unpaired) electrons. The number of nitrogens with zero attached hydrogens (tertiary/aromatic N) is 2. The maximum atomic E-state index is 12.3. The molecule has 0 spiro atoms. The fraction of sp³-hybridized carbons (Fsp3) is 0.350. The van der Waals surface area contributed by atoms with Gasteiger partial charge in [0.2, 0.25) is 5.76 Å². The lowest BCUT2D eigenvalue weighted by Crippen LogP contribution is -2.24. The van der Waals surface area contributed by atoms with Crippen molar-refractivity contribution in [3.8, 4) is 5.69 Å². The van der Waals surface area contributed by atoms with E-state index in [2.05, 4.69) is 10.4 Å². The molecule has 0 atom stereocenters. The van der Waals surface area contributed by atoms with Crippen LogP contribution in [0, 0.1) is 0 Å². The van der Waals surface area contributed by atoms with Crippen molar-refractivity contribution in [1.29, 1.82) is 0 Å². The van der Waals surface area contributed by atoms with Crippen molar-refractivity contribution in [3.63, 3.8) is 0 Å². The topological polar surface area (TPSA) is 91.7 Å². The molecule has 3 rings (SSSR count). The minimum Gasteiger partial charge on any atom is -0.493 e. The number of aromatic nitrogens is 2. The summed E-state index contributed by atoms with van der Waals surface area (Å²) in [6.07, 6.45) is 1.18. The zero-order valence-corrected chi connectivity index (χ0v) is 16.1. The van der Waals surface area contributed by atoms with Gasteiger partial charge < -0.3 is 19.5 Å². The third-order valence-corrected chi connectivity index (χ3v) is 3.93. The summed E-state index contributed by atoms with van der Waals surface area (Å²) in [7, 11) is 0. The maximum absolute atomic E-state index is 12.3. The first-order chi connectivity index (χ1) is 13.3. The highest BCUT2D eigenvalue weighted by molar-refractivity contribution is 5.94. The molecule has 0 saturated heterocycles. The van der Waals surface area contributed by atoms with Crippen LogP contribution in [0.1, 0.15) is 26.5 Å². The molecule has 1 aliphatic rings. The second-order valence-electron chi connectivity index (χ2n) is 7.24. The summed E-state index contributed by atoms with van der Waals surface area (Å²) in [6.45, 7) is 6.30. The Morgan fingerprint density at radius 3 is 2.61 bits per heavy atom. The molecule has 1 amide bonds. The number of nitrogens with one attached hydrogen (secondary N) is 1. The minimum atomic E-state index is -0.748. The number of benzene rings is 1. The second-order valence-corrected chi connectivity index (χ2v) is 7.24. The van der Waals surface area contributed by atoms with E-state index in [-0.39, 0.29) is 17.8 Å². The van der Waals surface area contributed by atoms with E-state index in [0.29, 0.717) is 12.4 Å². The van der Waals surface area contributed by atoms with Crippen molar-refractivity contribution in [2.24, 2.45) is 0 Å². The van der Waals surface area contributed by atoms with Crippen LogP contribution in [0.4, 0.5) is 5.82 Å². The quantitative estimate of drug-likeness (QED) is 0.796. The average molecular weight is 385 g/mol. The molecule has 28 heavy (non-hydrogen) atoms. The molecule has 0 bridgehead atoms. The minimum absolute atomic E-state index is 0.0524. The molecule has 8 heteroatoms. The number of para-hydroxylation sites is 1. The van der Waals surface area contributed by atoms with Crippen molar-refractivity contribution < 1.29 is 23.8 Å². The smallest absolute Gasteiger partial charge is 0.377 e. The van der Waals surface area contributed by atoms with E-state index < -0.39 is 18.5 Å². The Morgan fingerprint density at radius 1 is 1.21 bits per heavy atom. The molecular weight excluding hydrogens is 362 g/mol. The Hall–Kier alpha value is -3.29. The third-order valence-electron chi connectivity index (χ3n) is 3.93. The number of hydrogen-bond acceptors (Lipinski definition) is 6. The number of amides is 1. The predicted octanol–water partition coefficient (Wildman–Crippen LogP) is 2.54. The van der Waals surface area contributed by atoms with Crippen LogP contribution in [-0.2, 0) is 29.2 Å². The molecule has 1 aromatic heterocycles.